The van der Waals surface area contributed by atoms with E-state index in [2.05, 4.69) is 16.9 Å². The van der Waals surface area contributed by atoms with Crippen LogP contribution in [-0.4, -0.2) is 91.9 Å². The van der Waals surface area contributed by atoms with Crippen LogP contribution in [0.2, 0.25) is 0 Å². The number of thiophene rings is 1. The Bertz CT molecular complexity index is 2120. The van der Waals surface area contributed by atoms with Gasteiger partial charge in [0.25, 0.3) is 0 Å². The fraction of sp³-hybridized carbons (Fsp3) is 0.316. The standard InChI is InChI=1S/C38H39F3N6O4S.H2/c1-5-32(49)47-11-9-44-29(21(47)2)17-28(42)37-35(33-26(40)15-25(39)16-30(33)51-13-12-50-4)34-27(41)20-52-38(34)36(45-37)23-7-6-22-8-10-46(18-24(22)14-23)19-31(48)43-3;/h5-7,14-17,20-21H,1,8-13,18-19,42H2,2-4H3,(H,43,48);1H/b28-17-;/t21-;/m1./s1. The third-order valence-corrected chi connectivity index (χ3v) is 10.2. The molecule has 2 amide bonds. The van der Waals surface area contributed by atoms with E-state index >= 15 is 8.78 Å². The number of likely N-dealkylation sites (N-methyl/N-ethyl adjacent to an activating group) is 1. The first-order chi connectivity index (χ1) is 25.0. The maximum Gasteiger partial charge on any atom is 0.246 e. The molecular weight excluding hydrogens is 694 g/mol. The van der Waals surface area contributed by atoms with Crippen molar-refractivity contribution < 1.29 is 33.7 Å². The summed E-state index contributed by atoms with van der Waals surface area (Å²) in [5.41, 5.74) is 10.3. The molecule has 4 heterocycles. The molecule has 0 unspecified atom stereocenters. The lowest BCUT2D eigenvalue weighted by atomic mass is 9.92. The number of carbonyl (C=O) groups is 2. The quantitative estimate of drug-likeness (QED) is 0.153. The number of nitrogens with one attached hydrogen (secondary N) is 1. The molecule has 2 aromatic carbocycles. The number of pyridine rings is 1. The molecule has 6 rings (SSSR count). The third-order valence-electron chi connectivity index (χ3n) is 9.27. The van der Waals surface area contributed by atoms with Crippen molar-refractivity contribution >= 4 is 44.6 Å². The number of aromatic nitrogens is 1. The van der Waals surface area contributed by atoms with Crippen LogP contribution in [0.1, 0.15) is 25.2 Å². The first-order valence-electron chi connectivity index (χ1n) is 16.8. The molecule has 3 N–H and O–H groups in total. The Kier molecular flexibility index (Phi) is 11.1. The molecule has 2 aliphatic rings. The van der Waals surface area contributed by atoms with Crippen molar-refractivity contribution in [2.75, 3.05) is 53.6 Å². The van der Waals surface area contributed by atoms with E-state index in [0.717, 1.165) is 35.0 Å². The van der Waals surface area contributed by atoms with Crippen LogP contribution >= 0.6 is 11.3 Å². The number of halogens is 3. The first-order valence-corrected chi connectivity index (χ1v) is 17.6. The van der Waals surface area contributed by atoms with E-state index in [1.54, 1.807) is 24.9 Å². The highest BCUT2D eigenvalue weighted by atomic mass is 32.1. The molecule has 52 heavy (non-hydrogen) atoms. The van der Waals surface area contributed by atoms with Gasteiger partial charge in [0, 0.05) is 69.2 Å². The summed E-state index contributed by atoms with van der Waals surface area (Å²) in [5, 5.41) is 4.01. The lowest BCUT2D eigenvalue weighted by Crippen LogP contribution is -2.46. The van der Waals surface area contributed by atoms with E-state index in [4.69, 9.17) is 20.2 Å². The highest BCUT2D eigenvalue weighted by Gasteiger charge is 2.30. The molecule has 0 fully saturated rings. The summed E-state index contributed by atoms with van der Waals surface area (Å²) >= 11 is 1.10. The van der Waals surface area contributed by atoms with Crippen LogP contribution < -0.4 is 15.8 Å². The van der Waals surface area contributed by atoms with Crippen LogP contribution in [0.15, 0.2) is 59.4 Å². The second kappa shape index (κ2) is 15.7. The number of aliphatic imine (C=N–C) groups is 1. The second-order valence-electron chi connectivity index (χ2n) is 12.5. The molecule has 274 valence electrons. The summed E-state index contributed by atoms with van der Waals surface area (Å²) in [6.45, 7) is 7.65. The van der Waals surface area contributed by atoms with Gasteiger partial charge < -0.3 is 25.4 Å². The Morgan fingerprint density at radius 1 is 1.13 bits per heavy atom. The van der Waals surface area contributed by atoms with Gasteiger partial charge in [0.05, 0.1) is 58.8 Å². The maximum absolute atomic E-state index is 16.2. The average molecular weight is 735 g/mol. The minimum atomic E-state index is -1.00. The zero-order valence-corrected chi connectivity index (χ0v) is 29.9. The number of amides is 2. The first kappa shape index (κ1) is 36.7. The maximum atomic E-state index is 16.2. The van der Waals surface area contributed by atoms with Crippen molar-refractivity contribution in [2.45, 2.75) is 25.9 Å². The van der Waals surface area contributed by atoms with Gasteiger partial charge in [-0.25, -0.2) is 18.2 Å². The van der Waals surface area contributed by atoms with Crippen molar-refractivity contribution in [2.24, 2.45) is 10.7 Å². The topological polar surface area (TPSA) is 122 Å². The molecular formula is C38H41F3N6O4S. The molecule has 14 heteroatoms. The van der Waals surface area contributed by atoms with Gasteiger partial charge in [-0.2, -0.15) is 0 Å². The summed E-state index contributed by atoms with van der Waals surface area (Å²) in [6.07, 6.45) is 3.52. The Morgan fingerprint density at radius 2 is 1.94 bits per heavy atom. The van der Waals surface area contributed by atoms with Crippen LogP contribution in [0.3, 0.4) is 0 Å². The van der Waals surface area contributed by atoms with Crippen molar-refractivity contribution in [1.29, 1.82) is 0 Å². The van der Waals surface area contributed by atoms with Crippen LogP contribution in [0, 0.1) is 17.5 Å². The van der Waals surface area contributed by atoms with Crippen molar-refractivity contribution in [3.8, 4) is 28.1 Å². The molecule has 0 aliphatic carbocycles. The second-order valence-corrected chi connectivity index (χ2v) is 13.4. The molecule has 10 nitrogen and oxygen atoms in total. The molecule has 0 radical (unpaired) electrons. The Balaban J connectivity index is 0.00000541. The Hall–Kier alpha value is -5.05. The van der Waals surface area contributed by atoms with E-state index in [-0.39, 0.29) is 66.7 Å². The van der Waals surface area contributed by atoms with Crippen molar-refractivity contribution in [3.63, 3.8) is 0 Å². The number of nitrogens with zero attached hydrogens (tertiary/aromatic N) is 4. The number of hydrogen-bond acceptors (Lipinski definition) is 9. The summed E-state index contributed by atoms with van der Waals surface area (Å²) < 4.78 is 58.3. The number of hydrogen-bond donors (Lipinski definition) is 2. The van der Waals surface area contributed by atoms with Gasteiger partial charge in [-0.15, -0.1) is 11.3 Å². The van der Waals surface area contributed by atoms with Gasteiger partial charge in [-0.1, -0.05) is 18.7 Å². The van der Waals surface area contributed by atoms with Crippen LogP contribution in [0.4, 0.5) is 13.2 Å². The number of methoxy groups -OCH3 is 1. The number of benzene rings is 2. The predicted octanol–water partition coefficient (Wildman–Crippen LogP) is 5.58. The number of rotatable bonds is 11. The smallest absolute Gasteiger partial charge is 0.246 e. The summed E-state index contributed by atoms with van der Waals surface area (Å²) in [5.74, 6) is -3.09. The summed E-state index contributed by atoms with van der Waals surface area (Å²) in [4.78, 5) is 38.0. The van der Waals surface area contributed by atoms with E-state index in [1.165, 1.54) is 18.6 Å². The van der Waals surface area contributed by atoms with Gasteiger partial charge in [-0.05, 0) is 42.7 Å². The van der Waals surface area contributed by atoms with Gasteiger partial charge in [-0.3, -0.25) is 19.5 Å². The van der Waals surface area contributed by atoms with Crippen LogP contribution in [0.25, 0.3) is 38.2 Å². The molecule has 2 aromatic heterocycles. The number of ether oxygens (including phenoxy) is 2. The minimum absolute atomic E-state index is 0. The number of nitrogens with two attached hydrogens (primary N) is 1. The van der Waals surface area contributed by atoms with E-state index in [9.17, 15) is 14.0 Å². The highest BCUT2D eigenvalue weighted by molar-refractivity contribution is 7.17. The zero-order chi connectivity index (χ0) is 37.1. The normalized spacial score (nSPS) is 16.4. The summed E-state index contributed by atoms with van der Waals surface area (Å²) in [6, 6.07) is 7.11. The average Bonchev–Trinajstić information content (AvgIpc) is 3.52. The number of fused-ring (bicyclic) bond motifs is 2. The number of carbonyl (C=O) groups excluding carboxylic acids is 2. The predicted molar refractivity (Wildman–Crippen MR) is 199 cm³/mol. The van der Waals surface area contributed by atoms with E-state index in [0.29, 0.717) is 53.9 Å². The summed E-state index contributed by atoms with van der Waals surface area (Å²) in [7, 11) is 3.06. The lowest BCUT2D eigenvalue weighted by Gasteiger charge is -2.31. The van der Waals surface area contributed by atoms with Gasteiger partial charge in [0.2, 0.25) is 11.8 Å². The highest BCUT2D eigenvalue weighted by Crippen LogP contribution is 2.46. The van der Waals surface area contributed by atoms with Crippen LogP contribution in [-0.2, 0) is 27.3 Å². The fourth-order valence-electron chi connectivity index (χ4n) is 6.63. The molecule has 2 aliphatic heterocycles. The molecule has 0 bridgehead atoms. The third kappa shape index (κ3) is 7.31. The largest absolute Gasteiger partial charge is 0.490 e. The van der Waals surface area contributed by atoms with Gasteiger partial charge in [0.1, 0.15) is 29.8 Å². The Labute approximate surface area is 304 Å². The molecule has 4 aromatic rings. The van der Waals surface area contributed by atoms with Crippen LogP contribution in [0.5, 0.6) is 5.75 Å². The van der Waals surface area contributed by atoms with Crippen molar-refractivity contribution in [1.82, 2.24) is 20.1 Å². The monoisotopic (exact) mass is 734 g/mol. The molecule has 1 atom stereocenters. The molecule has 0 saturated carbocycles. The minimum Gasteiger partial charge on any atom is -0.490 e. The Morgan fingerprint density at radius 3 is 2.69 bits per heavy atom. The zero-order valence-electron chi connectivity index (χ0n) is 29.1. The molecule has 0 saturated heterocycles. The lowest BCUT2D eigenvalue weighted by molar-refractivity contribution is -0.127. The molecule has 0 spiro atoms. The van der Waals surface area contributed by atoms with E-state index < -0.39 is 23.5 Å². The fourth-order valence-corrected chi connectivity index (χ4v) is 7.57. The SMILES string of the molecule is C=CC(=O)N1CCN=C(/C=C(\N)c2nc(-c3ccc4c(c3)CN(CC(=O)NC)CC4)c3scc(F)c3c2-c2c(F)cc(F)cc2OCCOC)[C@H]1C.[HH]. The van der Waals surface area contributed by atoms with Crippen molar-refractivity contribution in [3.05, 3.63) is 88.7 Å². The van der Waals surface area contributed by atoms with Gasteiger partial charge in [0.15, 0.2) is 0 Å². The van der Waals surface area contributed by atoms with Gasteiger partial charge >= 0.3 is 0 Å². The van der Waals surface area contributed by atoms with E-state index in [1.807, 2.05) is 23.1 Å².